The van der Waals surface area contributed by atoms with Crippen LogP contribution >= 0.6 is 11.3 Å². The molecule has 0 radical (unpaired) electrons. The van der Waals surface area contributed by atoms with Gasteiger partial charge in [-0.1, -0.05) is 35.5 Å². The summed E-state index contributed by atoms with van der Waals surface area (Å²) in [6, 6.07) is 12.5. The number of nitrogens with zero attached hydrogens (tertiary/aromatic N) is 2. The van der Waals surface area contributed by atoms with Crippen molar-refractivity contribution in [1.82, 2.24) is 9.46 Å². The monoisotopic (exact) mass is 391 g/mol. The number of carbonyl (C=O) groups is 1. The van der Waals surface area contributed by atoms with E-state index in [0.717, 1.165) is 16.9 Å². The van der Waals surface area contributed by atoms with Crippen molar-refractivity contribution in [3.63, 3.8) is 0 Å². The van der Waals surface area contributed by atoms with Crippen LogP contribution in [0.1, 0.15) is 15.2 Å². The molecule has 3 rings (SSSR count). The van der Waals surface area contributed by atoms with E-state index < -0.39 is 15.9 Å². The first-order valence-corrected chi connectivity index (χ1v) is 10.1. The second kappa shape index (κ2) is 7.81. The van der Waals surface area contributed by atoms with E-state index >= 15 is 0 Å². The molecule has 2 heterocycles. The third-order valence-corrected chi connectivity index (χ3v) is 6.66. The van der Waals surface area contributed by atoms with E-state index in [1.165, 1.54) is 35.1 Å². The largest absolute Gasteiger partial charge is 0.363 e. The molecule has 7 nitrogen and oxygen atoms in total. The average molecular weight is 391 g/mol. The molecule has 0 saturated carbocycles. The summed E-state index contributed by atoms with van der Waals surface area (Å²) in [5, 5.41) is 7.59. The van der Waals surface area contributed by atoms with Gasteiger partial charge in [-0.3, -0.25) is 4.79 Å². The highest BCUT2D eigenvalue weighted by molar-refractivity contribution is 7.89. The number of nitrogens with one attached hydrogen (secondary N) is 1. The minimum absolute atomic E-state index is 0.100. The first kappa shape index (κ1) is 18.3. The molecule has 0 aliphatic carbocycles. The summed E-state index contributed by atoms with van der Waals surface area (Å²) in [4.78, 5) is 12.5. The molecule has 0 spiro atoms. The van der Waals surface area contributed by atoms with Crippen LogP contribution in [0.5, 0.6) is 0 Å². The Morgan fingerprint density at radius 2 is 2.04 bits per heavy atom. The maximum atomic E-state index is 12.7. The Morgan fingerprint density at radius 1 is 1.27 bits per heavy atom. The Balaban J connectivity index is 1.67. The first-order valence-electron chi connectivity index (χ1n) is 7.77. The van der Waals surface area contributed by atoms with Crippen molar-refractivity contribution < 1.29 is 17.7 Å². The maximum absolute atomic E-state index is 12.7. The van der Waals surface area contributed by atoms with E-state index in [1.54, 1.807) is 0 Å². The zero-order chi connectivity index (χ0) is 18.6. The number of anilines is 1. The van der Waals surface area contributed by atoms with Gasteiger partial charge in [-0.05, 0) is 18.1 Å². The lowest BCUT2D eigenvalue weighted by atomic mass is 10.2. The Bertz CT molecular complexity index is 967. The quantitative estimate of drug-likeness (QED) is 0.669. The Kier molecular flexibility index (Phi) is 5.50. The molecule has 0 unspecified atom stereocenters. The third-order valence-electron chi connectivity index (χ3n) is 3.74. The molecule has 136 valence electrons. The van der Waals surface area contributed by atoms with Gasteiger partial charge in [-0.25, -0.2) is 12.7 Å². The number of sulfonamides is 1. The Hall–Kier alpha value is -2.49. The zero-order valence-electron chi connectivity index (χ0n) is 14.0. The lowest BCUT2D eigenvalue weighted by Gasteiger charge is -2.16. The molecule has 26 heavy (non-hydrogen) atoms. The van der Waals surface area contributed by atoms with Gasteiger partial charge < -0.3 is 9.84 Å². The van der Waals surface area contributed by atoms with Gasteiger partial charge in [0.2, 0.25) is 10.0 Å². The molecule has 0 aliphatic heterocycles. The number of hydrogen-bond donors (Lipinski definition) is 1. The summed E-state index contributed by atoms with van der Waals surface area (Å²) in [6.45, 7) is 0.350. The van der Waals surface area contributed by atoms with Crippen LogP contribution in [-0.4, -0.2) is 37.4 Å². The maximum Gasteiger partial charge on any atom is 0.267 e. The molecule has 1 N–H and O–H groups in total. The Morgan fingerprint density at radius 3 is 2.73 bits per heavy atom. The SMILES string of the molecule is CN(CCc1ccccc1)S(=O)(=O)c1csc(C(=O)Nc2ccon2)c1. The van der Waals surface area contributed by atoms with E-state index in [2.05, 4.69) is 15.0 Å². The molecular formula is C17H17N3O4S2. The Labute approximate surface area is 155 Å². The fourth-order valence-corrected chi connectivity index (χ4v) is 4.59. The summed E-state index contributed by atoms with van der Waals surface area (Å²) >= 11 is 1.06. The van der Waals surface area contributed by atoms with Crippen LogP contribution in [0.3, 0.4) is 0 Å². The molecule has 0 aliphatic rings. The predicted octanol–water partition coefficient (Wildman–Crippen LogP) is 2.85. The van der Waals surface area contributed by atoms with Crippen molar-refractivity contribution in [3.8, 4) is 0 Å². The van der Waals surface area contributed by atoms with E-state index in [1.807, 2.05) is 30.3 Å². The summed E-state index contributed by atoms with van der Waals surface area (Å²) in [7, 11) is -2.12. The second-order valence-electron chi connectivity index (χ2n) is 5.55. The first-order chi connectivity index (χ1) is 12.5. The number of hydrogen-bond acceptors (Lipinski definition) is 6. The van der Waals surface area contributed by atoms with Crippen molar-refractivity contribution in [2.24, 2.45) is 0 Å². The van der Waals surface area contributed by atoms with Crippen LogP contribution in [0.15, 0.2) is 63.5 Å². The number of aromatic nitrogens is 1. The molecular weight excluding hydrogens is 374 g/mol. The van der Waals surface area contributed by atoms with Crippen LogP contribution < -0.4 is 5.32 Å². The zero-order valence-corrected chi connectivity index (χ0v) is 15.6. The van der Waals surface area contributed by atoms with Gasteiger partial charge in [0, 0.05) is 25.0 Å². The second-order valence-corrected chi connectivity index (χ2v) is 8.50. The minimum atomic E-state index is -3.65. The number of likely N-dealkylation sites (N-methyl/N-ethyl adjacent to an activating group) is 1. The van der Waals surface area contributed by atoms with Gasteiger partial charge >= 0.3 is 0 Å². The van der Waals surface area contributed by atoms with Crippen molar-refractivity contribution in [1.29, 1.82) is 0 Å². The van der Waals surface area contributed by atoms with Crippen LogP contribution in [0.4, 0.5) is 5.82 Å². The number of amides is 1. The minimum Gasteiger partial charge on any atom is -0.363 e. The highest BCUT2D eigenvalue weighted by Crippen LogP contribution is 2.23. The summed E-state index contributed by atoms with van der Waals surface area (Å²) < 4.78 is 31.3. The van der Waals surface area contributed by atoms with Crippen molar-refractivity contribution >= 4 is 33.1 Å². The average Bonchev–Trinajstić information content (AvgIpc) is 3.32. The highest BCUT2D eigenvalue weighted by atomic mass is 32.2. The number of thiophene rings is 1. The lowest BCUT2D eigenvalue weighted by Crippen LogP contribution is -2.28. The summed E-state index contributed by atoms with van der Waals surface area (Å²) in [5.41, 5.74) is 1.06. The van der Waals surface area contributed by atoms with Gasteiger partial charge in [0.25, 0.3) is 5.91 Å². The molecule has 0 bridgehead atoms. The van der Waals surface area contributed by atoms with Crippen LogP contribution in [0, 0.1) is 0 Å². The molecule has 1 aromatic carbocycles. The van der Waals surface area contributed by atoms with Gasteiger partial charge in [0.15, 0.2) is 5.82 Å². The van der Waals surface area contributed by atoms with Crippen LogP contribution in [-0.2, 0) is 16.4 Å². The highest BCUT2D eigenvalue weighted by Gasteiger charge is 2.23. The summed E-state index contributed by atoms with van der Waals surface area (Å²) in [5.74, 6) is -0.162. The lowest BCUT2D eigenvalue weighted by molar-refractivity contribution is 0.102. The normalized spacial score (nSPS) is 11.6. The topological polar surface area (TPSA) is 92.5 Å². The molecule has 2 aromatic heterocycles. The van der Waals surface area contributed by atoms with Crippen molar-refractivity contribution in [3.05, 3.63) is 64.5 Å². The number of carbonyl (C=O) groups excluding carboxylic acids is 1. The van der Waals surface area contributed by atoms with E-state index in [4.69, 9.17) is 0 Å². The number of rotatable bonds is 7. The summed E-state index contributed by atoms with van der Waals surface area (Å²) in [6.07, 6.45) is 1.95. The molecule has 1 amide bonds. The third kappa shape index (κ3) is 4.18. The van der Waals surface area contributed by atoms with Crippen molar-refractivity contribution in [2.75, 3.05) is 18.9 Å². The fourth-order valence-electron chi connectivity index (χ4n) is 2.26. The van der Waals surface area contributed by atoms with Gasteiger partial charge in [0.1, 0.15) is 6.26 Å². The number of benzene rings is 1. The van der Waals surface area contributed by atoms with Crippen LogP contribution in [0.2, 0.25) is 0 Å². The van der Waals surface area contributed by atoms with Gasteiger partial charge in [-0.15, -0.1) is 11.3 Å². The standard InChI is InChI=1S/C17H17N3O4S2/c1-20(9-7-13-5-3-2-4-6-13)26(22,23)14-11-15(25-12-14)17(21)18-16-8-10-24-19-16/h2-6,8,10-12H,7,9H2,1H3,(H,18,19,21). The molecule has 9 heteroatoms. The smallest absolute Gasteiger partial charge is 0.267 e. The van der Waals surface area contributed by atoms with E-state index in [9.17, 15) is 13.2 Å². The van der Waals surface area contributed by atoms with Crippen LogP contribution in [0.25, 0.3) is 0 Å². The molecule has 3 aromatic rings. The van der Waals surface area contributed by atoms with E-state index in [-0.39, 0.29) is 15.6 Å². The fraction of sp³-hybridized carbons (Fsp3) is 0.176. The predicted molar refractivity (Wildman–Crippen MR) is 98.7 cm³/mol. The molecule has 0 atom stereocenters. The van der Waals surface area contributed by atoms with Gasteiger partial charge in [0.05, 0.1) is 9.77 Å². The van der Waals surface area contributed by atoms with E-state index in [0.29, 0.717) is 13.0 Å². The van der Waals surface area contributed by atoms with Crippen molar-refractivity contribution in [2.45, 2.75) is 11.3 Å². The molecule has 0 fully saturated rings. The molecule has 0 saturated heterocycles. The van der Waals surface area contributed by atoms with Gasteiger partial charge in [-0.2, -0.15) is 0 Å².